The Morgan fingerprint density at radius 1 is 1.11 bits per heavy atom. The predicted molar refractivity (Wildman–Crippen MR) is 176 cm³/mol. The van der Waals surface area contributed by atoms with Gasteiger partial charge in [0.05, 0.1) is 49.9 Å². The number of methoxy groups -OCH3 is 1. The van der Waals surface area contributed by atoms with Crippen LogP contribution in [0.4, 0.5) is 20.9 Å². The van der Waals surface area contributed by atoms with Gasteiger partial charge in [-0.1, -0.05) is 47.2 Å². The summed E-state index contributed by atoms with van der Waals surface area (Å²) in [6, 6.07) is 19.3. The third-order valence-electron chi connectivity index (χ3n) is 6.86. The fourth-order valence-electron chi connectivity index (χ4n) is 4.63. The standard InChI is InChI=1S/C30H23ClFN5O6S3/c1-43-24-13-10-18(14-19(24)28(40)35-37-25(39)15-44-29(37)16-6-8-17(38)9-7-16)46(41,42)36-30-34-23-12-11-21(32)26(27(23)45-30)33-22-5-3-2-4-20(22)31/h2-14,29,33,38H,15H2,1H3,(H,34,36)(H,35,40). The number of hydrogen-bond donors (Lipinski definition) is 4. The van der Waals surface area contributed by atoms with E-state index in [0.29, 0.717) is 26.5 Å². The van der Waals surface area contributed by atoms with Gasteiger partial charge in [0.15, 0.2) is 5.13 Å². The Morgan fingerprint density at radius 3 is 2.61 bits per heavy atom. The summed E-state index contributed by atoms with van der Waals surface area (Å²) in [7, 11) is -2.99. The summed E-state index contributed by atoms with van der Waals surface area (Å²) in [4.78, 5) is 30.2. The van der Waals surface area contributed by atoms with E-state index in [0.717, 1.165) is 22.4 Å². The van der Waals surface area contributed by atoms with Crippen LogP contribution < -0.4 is 20.2 Å². The number of thiazole rings is 1. The number of phenolic OH excluding ortho intramolecular Hbond substituents is 1. The van der Waals surface area contributed by atoms with Crippen molar-refractivity contribution in [3.05, 3.63) is 101 Å². The fourth-order valence-corrected chi connectivity index (χ4v) is 8.14. The molecule has 1 unspecified atom stereocenters. The number of amides is 2. The lowest BCUT2D eigenvalue weighted by Crippen LogP contribution is -2.44. The fraction of sp³-hybridized carbons (Fsp3) is 0.100. The molecule has 1 saturated heterocycles. The first kappa shape index (κ1) is 31.4. The summed E-state index contributed by atoms with van der Waals surface area (Å²) in [5.74, 6) is -1.50. The largest absolute Gasteiger partial charge is 0.508 e. The van der Waals surface area contributed by atoms with Gasteiger partial charge in [-0.15, -0.1) is 11.8 Å². The number of para-hydroxylation sites is 1. The van der Waals surface area contributed by atoms with Crippen molar-refractivity contribution in [2.24, 2.45) is 0 Å². The molecule has 4 aromatic carbocycles. The zero-order chi connectivity index (χ0) is 32.6. The highest BCUT2D eigenvalue weighted by molar-refractivity contribution is 8.00. The Labute approximate surface area is 275 Å². The minimum atomic E-state index is -4.31. The number of carbonyl (C=O) groups excluding carboxylic acids is 2. The second-order valence-electron chi connectivity index (χ2n) is 9.82. The van der Waals surface area contributed by atoms with Crippen LogP contribution in [0.2, 0.25) is 5.02 Å². The molecule has 6 rings (SSSR count). The molecule has 5 aromatic rings. The molecule has 1 fully saturated rings. The molecule has 0 aliphatic carbocycles. The molecule has 16 heteroatoms. The number of ether oxygens (including phenoxy) is 1. The van der Waals surface area contributed by atoms with Gasteiger partial charge in [0.2, 0.25) is 0 Å². The molecule has 0 saturated carbocycles. The summed E-state index contributed by atoms with van der Waals surface area (Å²) in [6.45, 7) is 0. The normalized spacial score (nSPS) is 14.8. The van der Waals surface area contributed by atoms with Crippen LogP contribution in [-0.2, 0) is 14.8 Å². The van der Waals surface area contributed by atoms with Crippen LogP contribution in [0.25, 0.3) is 10.2 Å². The van der Waals surface area contributed by atoms with Crippen molar-refractivity contribution >= 4 is 83.3 Å². The van der Waals surface area contributed by atoms with Gasteiger partial charge in [0.1, 0.15) is 22.7 Å². The maximum Gasteiger partial charge on any atom is 0.273 e. The van der Waals surface area contributed by atoms with Gasteiger partial charge in [0, 0.05) is 0 Å². The maximum atomic E-state index is 14.9. The number of carbonyl (C=O) groups is 2. The van der Waals surface area contributed by atoms with Crippen LogP contribution in [0, 0.1) is 5.82 Å². The highest BCUT2D eigenvalue weighted by atomic mass is 35.5. The van der Waals surface area contributed by atoms with E-state index in [1.54, 1.807) is 36.4 Å². The van der Waals surface area contributed by atoms with E-state index in [2.05, 4.69) is 20.4 Å². The summed E-state index contributed by atoms with van der Waals surface area (Å²) in [5, 5.41) is 13.5. The monoisotopic (exact) mass is 699 g/mol. The van der Waals surface area contributed by atoms with Crippen LogP contribution in [-0.4, -0.2) is 48.2 Å². The molecule has 4 N–H and O–H groups in total. The highest BCUT2D eigenvalue weighted by Gasteiger charge is 2.35. The van der Waals surface area contributed by atoms with Crippen molar-refractivity contribution in [3.63, 3.8) is 0 Å². The van der Waals surface area contributed by atoms with Crippen molar-refractivity contribution in [2.75, 3.05) is 22.9 Å². The zero-order valence-electron chi connectivity index (χ0n) is 23.7. The molecule has 46 heavy (non-hydrogen) atoms. The third kappa shape index (κ3) is 6.26. The lowest BCUT2D eigenvalue weighted by Gasteiger charge is -2.25. The molecule has 236 valence electrons. The topological polar surface area (TPSA) is 150 Å². The molecule has 2 amide bonds. The average molecular weight is 700 g/mol. The number of aromatic nitrogens is 1. The number of sulfonamides is 1. The molecule has 11 nitrogen and oxygen atoms in total. The van der Waals surface area contributed by atoms with E-state index in [1.807, 2.05) is 0 Å². The van der Waals surface area contributed by atoms with Crippen molar-refractivity contribution in [1.82, 2.24) is 15.4 Å². The minimum Gasteiger partial charge on any atom is -0.508 e. The average Bonchev–Trinajstić information content (AvgIpc) is 3.61. The molecule has 1 aliphatic heterocycles. The maximum absolute atomic E-state index is 14.9. The van der Waals surface area contributed by atoms with E-state index in [9.17, 15) is 27.5 Å². The van der Waals surface area contributed by atoms with Gasteiger partial charge in [0.25, 0.3) is 21.8 Å². The van der Waals surface area contributed by atoms with Gasteiger partial charge in [-0.25, -0.2) is 22.8 Å². The second-order valence-corrected chi connectivity index (χ2v) is 14.0. The molecule has 1 atom stereocenters. The van der Waals surface area contributed by atoms with E-state index in [4.69, 9.17) is 16.3 Å². The van der Waals surface area contributed by atoms with Gasteiger partial charge in [-0.2, -0.15) is 0 Å². The second kappa shape index (κ2) is 12.7. The molecule has 0 radical (unpaired) electrons. The summed E-state index contributed by atoms with van der Waals surface area (Å²) in [6.07, 6.45) is 0. The molecule has 0 bridgehead atoms. The number of anilines is 3. The Bertz CT molecular complexity index is 2100. The van der Waals surface area contributed by atoms with Gasteiger partial charge >= 0.3 is 0 Å². The zero-order valence-corrected chi connectivity index (χ0v) is 26.9. The molecule has 1 aliphatic rings. The number of nitrogens with zero attached hydrogens (tertiary/aromatic N) is 2. The molecule has 1 aromatic heterocycles. The van der Waals surface area contributed by atoms with Crippen LogP contribution in [0.3, 0.4) is 0 Å². The van der Waals surface area contributed by atoms with E-state index >= 15 is 0 Å². The smallest absolute Gasteiger partial charge is 0.273 e. The Hall–Kier alpha value is -4.57. The third-order valence-corrected chi connectivity index (χ3v) is 10.9. The number of fused-ring (bicyclic) bond motifs is 1. The van der Waals surface area contributed by atoms with E-state index in [1.165, 1.54) is 55.3 Å². The van der Waals surface area contributed by atoms with Crippen molar-refractivity contribution in [3.8, 4) is 11.5 Å². The Kier molecular flexibility index (Phi) is 8.65. The number of phenols is 1. The molecule has 0 spiro atoms. The first-order valence-corrected chi connectivity index (χ1v) is 17.1. The molecule has 2 heterocycles. The number of nitrogens with one attached hydrogen (secondary N) is 3. The number of hydrogen-bond acceptors (Lipinski definition) is 10. The van der Waals surface area contributed by atoms with Crippen molar-refractivity contribution in [2.45, 2.75) is 10.3 Å². The van der Waals surface area contributed by atoms with Crippen LogP contribution >= 0.6 is 34.7 Å². The number of aromatic hydroxyl groups is 1. The minimum absolute atomic E-state index is 0.0407. The Morgan fingerprint density at radius 2 is 1.87 bits per heavy atom. The van der Waals surface area contributed by atoms with Crippen molar-refractivity contribution in [1.29, 1.82) is 0 Å². The van der Waals surface area contributed by atoms with Gasteiger partial charge < -0.3 is 15.2 Å². The number of hydrazine groups is 1. The quantitative estimate of drug-likeness (QED) is 0.140. The summed E-state index contributed by atoms with van der Waals surface area (Å²) >= 11 is 8.42. The lowest BCUT2D eigenvalue weighted by atomic mass is 10.2. The van der Waals surface area contributed by atoms with Gasteiger partial charge in [-0.3, -0.25) is 19.7 Å². The van der Waals surface area contributed by atoms with Gasteiger partial charge in [-0.05, 0) is 60.2 Å². The molecular formula is C30H23ClFN5O6S3. The number of benzene rings is 4. The lowest BCUT2D eigenvalue weighted by molar-refractivity contribution is -0.130. The number of rotatable bonds is 9. The molecular weight excluding hydrogens is 677 g/mol. The highest BCUT2D eigenvalue weighted by Crippen LogP contribution is 2.39. The SMILES string of the molecule is COc1ccc(S(=O)(=O)Nc2nc3ccc(F)c(Nc4ccccc4Cl)c3s2)cc1C(=O)NN1C(=O)CSC1c1ccc(O)cc1. The van der Waals surface area contributed by atoms with Crippen LogP contribution in [0.15, 0.2) is 83.8 Å². The first-order valence-electron chi connectivity index (χ1n) is 13.4. The van der Waals surface area contributed by atoms with Crippen molar-refractivity contribution < 1.29 is 32.2 Å². The van der Waals surface area contributed by atoms with Crippen LogP contribution in [0.1, 0.15) is 21.3 Å². The number of thioether (sulfide) groups is 1. The first-order chi connectivity index (χ1) is 22.0. The van der Waals surface area contributed by atoms with E-state index in [-0.39, 0.29) is 44.4 Å². The van der Waals surface area contributed by atoms with E-state index < -0.39 is 27.1 Å². The predicted octanol–water partition coefficient (Wildman–Crippen LogP) is 6.27. The number of halogens is 2. The van der Waals surface area contributed by atoms with Crippen LogP contribution in [0.5, 0.6) is 11.5 Å². The summed E-state index contributed by atoms with van der Waals surface area (Å²) in [5.41, 5.74) is 3.97. The Balaban J connectivity index is 1.26. The summed E-state index contributed by atoms with van der Waals surface area (Å²) < 4.78 is 49.9.